The average Bonchev–Trinajstić information content (AvgIpc) is 2.16. The maximum absolute atomic E-state index is 9.01. The van der Waals surface area contributed by atoms with Crippen molar-refractivity contribution in [1.82, 2.24) is 0 Å². The van der Waals surface area contributed by atoms with Crippen LogP contribution in [0.15, 0.2) is 23.1 Å². The average molecular weight is 182 g/mol. The van der Waals surface area contributed by atoms with Gasteiger partial charge in [0, 0.05) is 4.90 Å². The van der Waals surface area contributed by atoms with Crippen LogP contribution in [-0.2, 0) is 13.0 Å². The molecule has 0 bridgehead atoms. The monoisotopic (exact) mass is 182 g/mol. The van der Waals surface area contributed by atoms with E-state index in [9.17, 15) is 0 Å². The van der Waals surface area contributed by atoms with Crippen LogP contribution in [0.2, 0.25) is 0 Å². The molecule has 0 fully saturated rings. The van der Waals surface area contributed by atoms with E-state index in [4.69, 9.17) is 5.11 Å². The van der Waals surface area contributed by atoms with Gasteiger partial charge in [-0.1, -0.05) is 13.0 Å². The lowest BCUT2D eigenvalue weighted by Crippen LogP contribution is -1.92. The molecule has 1 aromatic rings. The molecule has 0 aromatic heterocycles. The Balaban J connectivity index is 3.02. The summed E-state index contributed by atoms with van der Waals surface area (Å²) in [5, 5.41) is 9.01. The first-order chi connectivity index (χ1) is 5.81. The summed E-state index contributed by atoms with van der Waals surface area (Å²) in [6, 6.07) is 6.20. The fourth-order valence-electron chi connectivity index (χ4n) is 1.21. The van der Waals surface area contributed by atoms with Crippen molar-refractivity contribution in [2.45, 2.75) is 24.8 Å². The first kappa shape index (κ1) is 9.62. The third kappa shape index (κ3) is 2.02. The highest BCUT2D eigenvalue weighted by Gasteiger charge is 1.99. The van der Waals surface area contributed by atoms with E-state index in [0.29, 0.717) is 0 Å². The second-order valence-electron chi connectivity index (χ2n) is 2.65. The number of hydrogen-bond acceptors (Lipinski definition) is 2. The third-order valence-corrected chi connectivity index (χ3v) is 2.69. The van der Waals surface area contributed by atoms with E-state index < -0.39 is 0 Å². The van der Waals surface area contributed by atoms with Gasteiger partial charge < -0.3 is 5.11 Å². The highest BCUT2D eigenvalue weighted by Crippen LogP contribution is 2.19. The Morgan fingerprint density at radius 1 is 1.33 bits per heavy atom. The van der Waals surface area contributed by atoms with Gasteiger partial charge in [-0.3, -0.25) is 0 Å². The maximum atomic E-state index is 9.01. The zero-order valence-corrected chi connectivity index (χ0v) is 8.32. The quantitative estimate of drug-likeness (QED) is 0.725. The molecule has 0 amide bonds. The Hall–Kier alpha value is -0.470. The molecule has 0 heterocycles. The van der Waals surface area contributed by atoms with E-state index in [1.165, 1.54) is 10.5 Å². The highest BCUT2D eigenvalue weighted by molar-refractivity contribution is 7.98. The maximum Gasteiger partial charge on any atom is 0.0684 e. The van der Waals surface area contributed by atoms with Crippen molar-refractivity contribution in [2.75, 3.05) is 6.26 Å². The number of rotatable bonds is 3. The van der Waals surface area contributed by atoms with E-state index in [2.05, 4.69) is 25.3 Å². The van der Waals surface area contributed by atoms with Crippen molar-refractivity contribution < 1.29 is 5.11 Å². The normalized spacial score (nSPS) is 10.2. The second-order valence-corrected chi connectivity index (χ2v) is 3.53. The molecular formula is C10H14OS. The van der Waals surface area contributed by atoms with E-state index >= 15 is 0 Å². The Morgan fingerprint density at radius 3 is 2.58 bits per heavy atom. The first-order valence-corrected chi connectivity index (χ1v) is 5.31. The summed E-state index contributed by atoms with van der Waals surface area (Å²) in [4.78, 5) is 1.27. The molecule has 0 aliphatic carbocycles. The Labute approximate surface area is 77.8 Å². The number of thioether (sulfide) groups is 1. The van der Waals surface area contributed by atoms with Crippen LogP contribution < -0.4 is 0 Å². The Bertz CT molecular complexity index is 258. The summed E-state index contributed by atoms with van der Waals surface area (Å²) in [7, 11) is 0. The molecule has 0 saturated heterocycles. The molecule has 0 saturated carbocycles. The minimum atomic E-state index is 0.151. The van der Waals surface area contributed by atoms with Gasteiger partial charge in [0.2, 0.25) is 0 Å². The SMILES string of the molecule is CCc1cc(SC)ccc1CO. The van der Waals surface area contributed by atoms with Crippen molar-refractivity contribution >= 4 is 11.8 Å². The highest BCUT2D eigenvalue weighted by atomic mass is 32.2. The smallest absolute Gasteiger partial charge is 0.0684 e. The van der Waals surface area contributed by atoms with Crippen molar-refractivity contribution in [3.8, 4) is 0 Å². The molecule has 1 N–H and O–H groups in total. The lowest BCUT2D eigenvalue weighted by molar-refractivity contribution is 0.280. The molecule has 1 nitrogen and oxygen atoms in total. The summed E-state index contributed by atoms with van der Waals surface area (Å²) >= 11 is 1.74. The molecule has 0 atom stereocenters. The fraction of sp³-hybridized carbons (Fsp3) is 0.400. The molecule has 0 aliphatic heterocycles. The molecular weight excluding hydrogens is 168 g/mol. The minimum Gasteiger partial charge on any atom is -0.392 e. The summed E-state index contributed by atoms with van der Waals surface area (Å²) in [5.74, 6) is 0. The molecule has 66 valence electrons. The molecule has 2 heteroatoms. The van der Waals surface area contributed by atoms with Crippen molar-refractivity contribution in [2.24, 2.45) is 0 Å². The third-order valence-electron chi connectivity index (χ3n) is 1.96. The summed E-state index contributed by atoms with van der Waals surface area (Å²) < 4.78 is 0. The fourth-order valence-corrected chi connectivity index (χ4v) is 1.68. The topological polar surface area (TPSA) is 20.2 Å². The van der Waals surface area contributed by atoms with Gasteiger partial charge in [-0.05, 0) is 35.9 Å². The van der Waals surface area contributed by atoms with Crippen LogP contribution in [0.1, 0.15) is 18.1 Å². The predicted molar refractivity (Wildman–Crippen MR) is 53.5 cm³/mol. The number of hydrogen-bond donors (Lipinski definition) is 1. The molecule has 0 unspecified atom stereocenters. The van der Waals surface area contributed by atoms with Crippen LogP contribution in [0.25, 0.3) is 0 Å². The van der Waals surface area contributed by atoms with Gasteiger partial charge in [-0.15, -0.1) is 11.8 Å². The van der Waals surface area contributed by atoms with Crippen LogP contribution in [0.4, 0.5) is 0 Å². The van der Waals surface area contributed by atoms with Crippen LogP contribution in [-0.4, -0.2) is 11.4 Å². The molecule has 0 spiro atoms. The van der Waals surface area contributed by atoms with E-state index in [1.807, 2.05) is 6.07 Å². The summed E-state index contributed by atoms with van der Waals surface area (Å²) in [6.07, 6.45) is 3.05. The predicted octanol–water partition coefficient (Wildman–Crippen LogP) is 2.46. The van der Waals surface area contributed by atoms with Crippen LogP contribution in [0.5, 0.6) is 0 Å². The van der Waals surface area contributed by atoms with Gasteiger partial charge in [-0.25, -0.2) is 0 Å². The zero-order chi connectivity index (χ0) is 8.97. The van der Waals surface area contributed by atoms with Gasteiger partial charge in [0.15, 0.2) is 0 Å². The number of aliphatic hydroxyl groups is 1. The van der Waals surface area contributed by atoms with Gasteiger partial charge in [0.25, 0.3) is 0 Å². The van der Waals surface area contributed by atoms with E-state index in [1.54, 1.807) is 11.8 Å². The molecule has 12 heavy (non-hydrogen) atoms. The van der Waals surface area contributed by atoms with Gasteiger partial charge in [-0.2, -0.15) is 0 Å². The van der Waals surface area contributed by atoms with Gasteiger partial charge >= 0.3 is 0 Å². The van der Waals surface area contributed by atoms with E-state index in [-0.39, 0.29) is 6.61 Å². The summed E-state index contributed by atoms with van der Waals surface area (Å²) in [6.45, 7) is 2.26. The molecule has 0 aliphatic rings. The second kappa shape index (κ2) is 4.53. The van der Waals surface area contributed by atoms with Crippen molar-refractivity contribution in [3.05, 3.63) is 29.3 Å². The Morgan fingerprint density at radius 2 is 2.08 bits per heavy atom. The van der Waals surface area contributed by atoms with Crippen LogP contribution >= 0.6 is 11.8 Å². The molecule has 1 rings (SSSR count). The number of benzene rings is 1. The zero-order valence-electron chi connectivity index (χ0n) is 7.50. The van der Waals surface area contributed by atoms with Gasteiger partial charge in [0.1, 0.15) is 0 Å². The lowest BCUT2D eigenvalue weighted by Gasteiger charge is -2.06. The van der Waals surface area contributed by atoms with Crippen LogP contribution in [0, 0.1) is 0 Å². The Kier molecular flexibility index (Phi) is 3.63. The van der Waals surface area contributed by atoms with E-state index in [0.717, 1.165) is 12.0 Å². The first-order valence-electron chi connectivity index (χ1n) is 4.08. The molecule has 0 radical (unpaired) electrons. The van der Waals surface area contributed by atoms with Crippen molar-refractivity contribution in [1.29, 1.82) is 0 Å². The minimum absolute atomic E-state index is 0.151. The van der Waals surface area contributed by atoms with Crippen LogP contribution in [0.3, 0.4) is 0 Å². The largest absolute Gasteiger partial charge is 0.392 e. The van der Waals surface area contributed by atoms with Crippen molar-refractivity contribution in [3.63, 3.8) is 0 Å². The lowest BCUT2D eigenvalue weighted by atomic mass is 10.1. The van der Waals surface area contributed by atoms with Gasteiger partial charge in [0.05, 0.1) is 6.61 Å². The number of aryl methyl sites for hydroxylation is 1. The molecule has 1 aromatic carbocycles. The number of aliphatic hydroxyl groups excluding tert-OH is 1. The summed E-state index contributed by atoms with van der Waals surface area (Å²) in [5.41, 5.74) is 2.31. The standard InChI is InChI=1S/C10H14OS/c1-3-8-6-10(12-2)5-4-9(8)7-11/h4-6,11H,3,7H2,1-2H3.